The lowest BCUT2D eigenvalue weighted by molar-refractivity contribution is -0.121. The van der Waals surface area contributed by atoms with Gasteiger partial charge >= 0.3 is 0 Å². The SMILES string of the molecule is CCOc1ccc(CCC(=O)NC(c2ccccc2)c2ccccc2)cc1. The van der Waals surface area contributed by atoms with E-state index < -0.39 is 0 Å². The molecule has 0 fully saturated rings. The van der Waals surface area contributed by atoms with Gasteiger partial charge in [0.1, 0.15) is 5.75 Å². The molecule has 0 aliphatic carbocycles. The number of benzene rings is 3. The number of amides is 1. The average molecular weight is 359 g/mol. The molecule has 0 saturated heterocycles. The molecule has 0 aromatic heterocycles. The van der Waals surface area contributed by atoms with Gasteiger partial charge in [0.05, 0.1) is 12.6 Å². The summed E-state index contributed by atoms with van der Waals surface area (Å²) in [5.74, 6) is 0.903. The van der Waals surface area contributed by atoms with Crippen molar-refractivity contribution in [3.05, 3.63) is 102 Å². The normalized spacial score (nSPS) is 10.6. The highest BCUT2D eigenvalue weighted by atomic mass is 16.5. The van der Waals surface area contributed by atoms with E-state index >= 15 is 0 Å². The van der Waals surface area contributed by atoms with Crippen LogP contribution in [0.25, 0.3) is 0 Å². The molecule has 1 N–H and O–H groups in total. The van der Waals surface area contributed by atoms with Crippen molar-refractivity contribution in [2.24, 2.45) is 0 Å². The first-order valence-corrected chi connectivity index (χ1v) is 9.37. The van der Waals surface area contributed by atoms with E-state index in [0.717, 1.165) is 22.4 Å². The number of nitrogens with one attached hydrogen (secondary N) is 1. The van der Waals surface area contributed by atoms with E-state index in [-0.39, 0.29) is 11.9 Å². The molecule has 3 aromatic carbocycles. The van der Waals surface area contributed by atoms with Crippen LogP contribution in [0.4, 0.5) is 0 Å². The minimum Gasteiger partial charge on any atom is -0.494 e. The van der Waals surface area contributed by atoms with Crippen LogP contribution in [0, 0.1) is 0 Å². The van der Waals surface area contributed by atoms with Crippen molar-refractivity contribution in [2.45, 2.75) is 25.8 Å². The Balaban J connectivity index is 1.64. The molecule has 3 aromatic rings. The quantitative estimate of drug-likeness (QED) is 0.620. The molecule has 3 nitrogen and oxygen atoms in total. The molecule has 27 heavy (non-hydrogen) atoms. The van der Waals surface area contributed by atoms with Crippen LogP contribution in [-0.2, 0) is 11.2 Å². The van der Waals surface area contributed by atoms with E-state index in [1.54, 1.807) is 0 Å². The third-order valence-electron chi connectivity index (χ3n) is 4.45. The molecular formula is C24H25NO2. The maximum atomic E-state index is 12.6. The summed E-state index contributed by atoms with van der Waals surface area (Å²) in [4.78, 5) is 12.6. The number of carbonyl (C=O) groups is 1. The number of hydrogen-bond acceptors (Lipinski definition) is 2. The van der Waals surface area contributed by atoms with Gasteiger partial charge in [-0.25, -0.2) is 0 Å². The Hall–Kier alpha value is -3.07. The van der Waals surface area contributed by atoms with Gasteiger partial charge < -0.3 is 10.1 Å². The first-order chi connectivity index (χ1) is 13.3. The third-order valence-corrected chi connectivity index (χ3v) is 4.45. The Morgan fingerprint density at radius 1 is 0.852 bits per heavy atom. The summed E-state index contributed by atoms with van der Waals surface area (Å²) in [5.41, 5.74) is 3.29. The van der Waals surface area contributed by atoms with Crippen LogP contribution >= 0.6 is 0 Å². The molecule has 0 aliphatic rings. The topological polar surface area (TPSA) is 38.3 Å². The van der Waals surface area contributed by atoms with Crippen molar-refractivity contribution >= 4 is 5.91 Å². The van der Waals surface area contributed by atoms with Crippen LogP contribution < -0.4 is 10.1 Å². The fourth-order valence-electron chi connectivity index (χ4n) is 3.06. The van der Waals surface area contributed by atoms with E-state index in [4.69, 9.17) is 4.74 Å². The van der Waals surface area contributed by atoms with Crippen LogP contribution in [0.3, 0.4) is 0 Å². The highest BCUT2D eigenvalue weighted by molar-refractivity contribution is 5.77. The molecule has 3 heteroatoms. The lowest BCUT2D eigenvalue weighted by Gasteiger charge is -2.20. The smallest absolute Gasteiger partial charge is 0.221 e. The molecule has 0 atom stereocenters. The fraction of sp³-hybridized carbons (Fsp3) is 0.208. The summed E-state index contributed by atoms with van der Waals surface area (Å²) in [6, 6.07) is 27.9. The summed E-state index contributed by atoms with van der Waals surface area (Å²) < 4.78 is 5.46. The number of aryl methyl sites for hydroxylation is 1. The monoisotopic (exact) mass is 359 g/mol. The predicted molar refractivity (Wildman–Crippen MR) is 109 cm³/mol. The standard InChI is InChI=1S/C24H25NO2/c1-2-27-22-16-13-19(14-17-22)15-18-23(26)25-24(20-9-5-3-6-10-20)21-11-7-4-8-12-21/h3-14,16-17,24H,2,15,18H2,1H3,(H,25,26). The molecule has 0 bridgehead atoms. The van der Waals surface area contributed by atoms with E-state index in [1.807, 2.05) is 91.9 Å². The van der Waals surface area contributed by atoms with E-state index in [1.165, 1.54) is 0 Å². The second-order valence-corrected chi connectivity index (χ2v) is 6.40. The van der Waals surface area contributed by atoms with Crippen LogP contribution in [0.5, 0.6) is 5.75 Å². The van der Waals surface area contributed by atoms with Crippen molar-refractivity contribution < 1.29 is 9.53 Å². The molecule has 0 saturated carbocycles. The minimum absolute atomic E-state index is 0.0431. The van der Waals surface area contributed by atoms with Crippen molar-refractivity contribution in [3.63, 3.8) is 0 Å². The number of hydrogen-bond donors (Lipinski definition) is 1. The maximum absolute atomic E-state index is 12.6. The van der Waals surface area contributed by atoms with Crippen molar-refractivity contribution in [3.8, 4) is 5.75 Å². The van der Waals surface area contributed by atoms with Gasteiger partial charge in [0, 0.05) is 6.42 Å². The lowest BCUT2D eigenvalue weighted by Crippen LogP contribution is -2.29. The molecule has 0 spiro atoms. The van der Waals surface area contributed by atoms with Crippen molar-refractivity contribution in [2.75, 3.05) is 6.61 Å². The Labute approximate surface area is 161 Å². The highest BCUT2D eigenvalue weighted by Crippen LogP contribution is 2.22. The van der Waals surface area contributed by atoms with E-state index in [9.17, 15) is 4.79 Å². The third kappa shape index (κ3) is 5.45. The average Bonchev–Trinajstić information content (AvgIpc) is 2.73. The van der Waals surface area contributed by atoms with Crippen molar-refractivity contribution in [1.82, 2.24) is 5.32 Å². The maximum Gasteiger partial charge on any atom is 0.221 e. The van der Waals surface area contributed by atoms with E-state index in [2.05, 4.69) is 5.32 Å². The molecular weight excluding hydrogens is 334 g/mol. The van der Waals surface area contributed by atoms with Gasteiger partial charge in [-0.1, -0.05) is 72.8 Å². The first kappa shape index (κ1) is 18.7. The molecule has 0 unspecified atom stereocenters. The molecule has 3 rings (SSSR count). The largest absolute Gasteiger partial charge is 0.494 e. The molecule has 0 aliphatic heterocycles. The van der Waals surface area contributed by atoms with Gasteiger partial charge in [0.25, 0.3) is 0 Å². The first-order valence-electron chi connectivity index (χ1n) is 9.37. The van der Waals surface area contributed by atoms with Gasteiger partial charge in [-0.15, -0.1) is 0 Å². The second-order valence-electron chi connectivity index (χ2n) is 6.40. The minimum atomic E-state index is -0.139. The van der Waals surface area contributed by atoms with Crippen LogP contribution in [0.2, 0.25) is 0 Å². The van der Waals surface area contributed by atoms with Gasteiger partial charge in [-0.3, -0.25) is 4.79 Å². The zero-order chi connectivity index (χ0) is 18.9. The predicted octanol–water partition coefficient (Wildman–Crippen LogP) is 4.92. The van der Waals surface area contributed by atoms with Crippen molar-refractivity contribution in [1.29, 1.82) is 0 Å². The van der Waals surface area contributed by atoms with Gasteiger partial charge in [0.15, 0.2) is 0 Å². The summed E-state index contributed by atoms with van der Waals surface area (Å²) in [6.45, 7) is 2.62. The summed E-state index contributed by atoms with van der Waals surface area (Å²) >= 11 is 0. The Morgan fingerprint density at radius 3 is 1.93 bits per heavy atom. The van der Waals surface area contributed by atoms with Crippen LogP contribution in [0.1, 0.15) is 36.1 Å². The van der Waals surface area contributed by atoms with Gasteiger partial charge in [-0.2, -0.15) is 0 Å². The Morgan fingerprint density at radius 2 is 1.41 bits per heavy atom. The zero-order valence-corrected chi connectivity index (χ0v) is 15.6. The highest BCUT2D eigenvalue weighted by Gasteiger charge is 2.16. The van der Waals surface area contributed by atoms with Crippen LogP contribution in [0.15, 0.2) is 84.9 Å². The molecule has 1 amide bonds. The lowest BCUT2D eigenvalue weighted by atomic mass is 9.98. The van der Waals surface area contributed by atoms with Crippen LogP contribution in [-0.4, -0.2) is 12.5 Å². The van der Waals surface area contributed by atoms with Gasteiger partial charge in [-0.05, 0) is 42.2 Å². The second kappa shape index (κ2) is 9.58. The number of rotatable bonds is 8. The number of ether oxygens (including phenoxy) is 1. The molecule has 0 heterocycles. The van der Waals surface area contributed by atoms with E-state index in [0.29, 0.717) is 19.4 Å². The Kier molecular flexibility index (Phi) is 6.64. The number of carbonyl (C=O) groups excluding carboxylic acids is 1. The summed E-state index contributed by atoms with van der Waals surface area (Å²) in [7, 11) is 0. The molecule has 0 radical (unpaired) electrons. The fourth-order valence-corrected chi connectivity index (χ4v) is 3.06. The Bertz CT molecular complexity index is 790. The molecule has 138 valence electrons. The zero-order valence-electron chi connectivity index (χ0n) is 15.6. The summed E-state index contributed by atoms with van der Waals surface area (Å²) in [5, 5.41) is 3.19. The van der Waals surface area contributed by atoms with Gasteiger partial charge in [0.2, 0.25) is 5.91 Å². The summed E-state index contributed by atoms with van der Waals surface area (Å²) in [6.07, 6.45) is 1.15.